The number of nitrogens with zero attached hydrogens (tertiary/aromatic N) is 1. The average molecular weight is 420 g/mol. The summed E-state index contributed by atoms with van der Waals surface area (Å²) < 4.78 is 0. The van der Waals surface area contributed by atoms with Gasteiger partial charge >= 0.3 is 0 Å². The van der Waals surface area contributed by atoms with Crippen LogP contribution in [0, 0.1) is 20.8 Å². The van der Waals surface area contributed by atoms with E-state index in [0.717, 1.165) is 11.5 Å². The summed E-state index contributed by atoms with van der Waals surface area (Å²) in [5, 5.41) is 14.9. The van der Waals surface area contributed by atoms with Crippen LogP contribution in [0.25, 0.3) is 0 Å². The number of hydrogen-bond acceptors (Lipinski definition) is 6. The molecule has 4 nitrogen and oxygen atoms in total. The molecule has 3 rings (SSSR count). The highest BCUT2D eigenvalue weighted by atomic mass is 32.2. The van der Waals surface area contributed by atoms with Crippen LogP contribution in [0.1, 0.15) is 61.3 Å². The number of carbonyl (C=O) groups excluding carboxylic acids is 1. The first kappa shape index (κ1) is 21.3. The summed E-state index contributed by atoms with van der Waals surface area (Å²) in [5.41, 5.74) is 6.09. The van der Waals surface area contributed by atoms with Gasteiger partial charge in [-0.25, -0.2) is 0 Å². The summed E-state index contributed by atoms with van der Waals surface area (Å²) in [6.45, 7) is 10.7. The molecule has 28 heavy (non-hydrogen) atoms. The SMILES string of the molecule is CCON=C(CC)C1=C(O)CC(c2c(C)c(C)c(C)c3c2SCCS3)CC1=O. The largest absolute Gasteiger partial charge is 0.511 e. The van der Waals surface area contributed by atoms with Gasteiger partial charge in [0.25, 0.3) is 0 Å². The second-order valence-electron chi connectivity index (χ2n) is 7.30. The van der Waals surface area contributed by atoms with Crippen LogP contribution in [0.3, 0.4) is 0 Å². The van der Waals surface area contributed by atoms with E-state index in [4.69, 9.17) is 4.84 Å². The van der Waals surface area contributed by atoms with Crippen LogP contribution >= 0.6 is 23.5 Å². The van der Waals surface area contributed by atoms with Crippen molar-refractivity contribution in [3.05, 3.63) is 33.6 Å². The molecule has 0 amide bonds. The quantitative estimate of drug-likeness (QED) is 0.478. The lowest BCUT2D eigenvalue weighted by molar-refractivity contribution is -0.116. The molecule has 1 aliphatic heterocycles. The van der Waals surface area contributed by atoms with Gasteiger partial charge in [0.05, 0.1) is 11.3 Å². The first-order valence-corrected chi connectivity index (χ1v) is 11.9. The Morgan fingerprint density at radius 2 is 1.75 bits per heavy atom. The lowest BCUT2D eigenvalue weighted by Crippen LogP contribution is -2.25. The van der Waals surface area contributed by atoms with Crippen LogP contribution in [-0.4, -0.2) is 34.7 Å². The molecule has 2 aliphatic rings. The van der Waals surface area contributed by atoms with Crippen molar-refractivity contribution in [1.29, 1.82) is 0 Å². The molecular formula is C22H29NO3S2. The molecule has 0 spiro atoms. The molecule has 1 heterocycles. The molecule has 0 fully saturated rings. The summed E-state index contributed by atoms with van der Waals surface area (Å²) in [7, 11) is 0. The van der Waals surface area contributed by atoms with Gasteiger partial charge in [0.2, 0.25) is 0 Å². The van der Waals surface area contributed by atoms with Gasteiger partial charge in [-0.3, -0.25) is 4.79 Å². The minimum atomic E-state index is -0.0334. The zero-order valence-electron chi connectivity index (χ0n) is 17.3. The molecule has 0 bridgehead atoms. The molecule has 0 saturated carbocycles. The Bertz CT molecular complexity index is 858. The second kappa shape index (κ2) is 8.95. The van der Waals surface area contributed by atoms with Gasteiger partial charge < -0.3 is 9.94 Å². The second-order valence-corrected chi connectivity index (χ2v) is 9.51. The highest BCUT2D eigenvalue weighted by Crippen LogP contribution is 2.49. The topological polar surface area (TPSA) is 58.9 Å². The van der Waals surface area contributed by atoms with E-state index in [2.05, 4.69) is 25.9 Å². The van der Waals surface area contributed by atoms with E-state index in [1.165, 1.54) is 32.0 Å². The molecule has 0 radical (unpaired) electrons. The first-order valence-electron chi connectivity index (χ1n) is 9.94. The fourth-order valence-corrected chi connectivity index (χ4v) is 6.87. The minimum Gasteiger partial charge on any atom is -0.511 e. The van der Waals surface area contributed by atoms with E-state index < -0.39 is 0 Å². The maximum absolute atomic E-state index is 13.0. The van der Waals surface area contributed by atoms with E-state index in [1.54, 1.807) is 0 Å². The summed E-state index contributed by atoms with van der Waals surface area (Å²) in [6.07, 6.45) is 1.44. The summed E-state index contributed by atoms with van der Waals surface area (Å²) in [4.78, 5) is 20.9. The Morgan fingerprint density at radius 1 is 1.07 bits per heavy atom. The van der Waals surface area contributed by atoms with Crippen LogP contribution < -0.4 is 0 Å². The number of allylic oxidation sites excluding steroid dienone is 2. The zero-order chi connectivity index (χ0) is 20.4. The molecular weight excluding hydrogens is 390 g/mol. The Labute approximate surface area is 176 Å². The van der Waals surface area contributed by atoms with Crippen molar-refractivity contribution in [1.82, 2.24) is 0 Å². The standard InChI is InChI=1S/C22H29NO3S2/c1-6-16(23-26-7-2)20-17(24)10-15(11-18(20)25)19-13(4)12(3)14(5)21-22(19)28-9-8-27-21/h15,24H,6-11H2,1-5H3. The summed E-state index contributed by atoms with van der Waals surface area (Å²) in [5.74, 6) is 2.34. The number of ketones is 1. The lowest BCUT2D eigenvalue weighted by atomic mass is 9.78. The molecule has 0 aromatic heterocycles. The van der Waals surface area contributed by atoms with Crippen molar-refractivity contribution in [2.45, 2.75) is 69.6 Å². The van der Waals surface area contributed by atoms with Crippen molar-refractivity contribution in [2.24, 2.45) is 5.16 Å². The Balaban J connectivity index is 2.04. The van der Waals surface area contributed by atoms with Crippen molar-refractivity contribution in [3.63, 3.8) is 0 Å². The Morgan fingerprint density at radius 3 is 2.36 bits per heavy atom. The van der Waals surface area contributed by atoms with Gasteiger partial charge in [-0.15, -0.1) is 23.5 Å². The van der Waals surface area contributed by atoms with Crippen molar-refractivity contribution in [3.8, 4) is 0 Å². The lowest BCUT2D eigenvalue weighted by Gasteiger charge is -2.31. The van der Waals surface area contributed by atoms with Crippen molar-refractivity contribution >= 4 is 35.0 Å². The van der Waals surface area contributed by atoms with Crippen molar-refractivity contribution in [2.75, 3.05) is 18.1 Å². The fraction of sp³-hybridized carbons (Fsp3) is 0.545. The van der Waals surface area contributed by atoms with Crippen LogP contribution in [-0.2, 0) is 9.63 Å². The zero-order valence-corrected chi connectivity index (χ0v) is 19.0. The number of benzene rings is 1. The van der Waals surface area contributed by atoms with E-state index >= 15 is 0 Å². The molecule has 1 N–H and O–H groups in total. The smallest absolute Gasteiger partial charge is 0.168 e. The highest BCUT2D eigenvalue weighted by Gasteiger charge is 2.35. The summed E-state index contributed by atoms with van der Waals surface area (Å²) in [6, 6.07) is 0. The first-order chi connectivity index (χ1) is 13.4. The van der Waals surface area contributed by atoms with Crippen molar-refractivity contribution < 1.29 is 14.7 Å². The van der Waals surface area contributed by atoms with Gasteiger partial charge in [0.15, 0.2) is 5.78 Å². The number of rotatable bonds is 5. The monoisotopic (exact) mass is 419 g/mol. The van der Waals surface area contributed by atoms with Gasteiger partial charge in [0, 0.05) is 34.1 Å². The molecule has 0 saturated heterocycles. The van der Waals surface area contributed by atoms with E-state index in [0.29, 0.717) is 37.2 Å². The molecule has 1 aromatic carbocycles. The molecule has 1 unspecified atom stereocenters. The van der Waals surface area contributed by atoms with Gasteiger partial charge in [-0.1, -0.05) is 12.1 Å². The fourth-order valence-electron chi connectivity index (χ4n) is 4.07. The normalized spacial score (nSPS) is 20.4. The number of thioether (sulfide) groups is 2. The number of Topliss-reactive ketones (excluding diaryl/α,β-unsaturated/α-hetero) is 1. The number of hydrogen-bond donors (Lipinski definition) is 1. The third-order valence-electron chi connectivity index (χ3n) is 5.67. The number of aliphatic hydroxyl groups is 1. The maximum atomic E-state index is 13.0. The van der Waals surface area contributed by atoms with Crippen LogP contribution in [0.2, 0.25) is 0 Å². The third-order valence-corrected chi connectivity index (χ3v) is 8.39. The number of fused-ring (bicyclic) bond motifs is 1. The van der Waals surface area contributed by atoms with Gasteiger partial charge in [-0.2, -0.15) is 0 Å². The van der Waals surface area contributed by atoms with Crippen LogP contribution in [0.4, 0.5) is 0 Å². The predicted molar refractivity (Wildman–Crippen MR) is 118 cm³/mol. The molecule has 6 heteroatoms. The van der Waals surface area contributed by atoms with E-state index in [-0.39, 0.29) is 17.5 Å². The van der Waals surface area contributed by atoms with Gasteiger partial charge in [-0.05, 0) is 62.3 Å². The van der Waals surface area contributed by atoms with E-state index in [9.17, 15) is 9.90 Å². The predicted octanol–water partition coefficient (Wildman–Crippen LogP) is 5.87. The number of carbonyl (C=O) groups is 1. The average Bonchev–Trinajstić information content (AvgIpc) is 2.68. The highest BCUT2D eigenvalue weighted by molar-refractivity contribution is 8.05. The van der Waals surface area contributed by atoms with E-state index in [1.807, 2.05) is 37.4 Å². The van der Waals surface area contributed by atoms with Gasteiger partial charge in [0.1, 0.15) is 12.4 Å². The molecule has 1 aliphatic carbocycles. The Kier molecular flexibility index (Phi) is 6.81. The molecule has 1 aromatic rings. The molecule has 152 valence electrons. The minimum absolute atomic E-state index is 0.0145. The number of aliphatic hydroxyl groups excluding tert-OH is 1. The van der Waals surface area contributed by atoms with Crippen LogP contribution in [0.15, 0.2) is 26.3 Å². The third kappa shape index (κ3) is 3.86. The number of oxime groups is 1. The Hall–Kier alpha value is -1.40. The van der Waals surface area contributed by atoms with Crippen LogP contribution in [0.5, 0.6) is 0 Å². The maximum Gasteiger partial charge on any atom is 0.168 e. The summed E-state index contributed by atoms with van der Waals surface area (Å²) >= 11 is 3.82. The molecule has 1 atom stereocenters.